The number of carbonyl (C=O) groups is 1. The van der Waals surface area contributed by atoms with E-state index in [1.165, 1.54) is 6.20 Å². The van der Waals surface area contributed by atoms with Gasteiger partial charge in [-0.1, -0.05) is 17.2 Å². The van der Waals surface area contributed by atoms with Crippen LogP contribution in [0.4, 0.5) is 10.1 Å². The lowest BCUT2D eigenvalue weighted by Crippen LogP contribution is -2.30. The number of ether oxygens (including phenoxy) is 1. The lowest BCUT2D eigenvalue weighted by Gasteiger charge is -2.32. The summed E-state index contributed by atoms with van der Waals surface area (Å²) in [6, 6.07) is 0.939. The second-order valence-electron chi connectivity index (χ2n) is 7.73. The molecule has 3 N–H and O–H groups in total. The number of hydrogen-bond acceptors (Lipinski definition) is 5. The first-order chi connectivity index (χ1) is 14.3. The first kappa shape index (κ1) is 20.7. The number of carboxylic acids is 1. The summed E-state index contributed by atoms with van der Waals surface area (Å²) in [7, 11) is 0. The van der Waals surface area contributed by atoms with Crippen molar-refractivity contribution in [3.8, 4) is 5.75 Å². The van der Waals surface area contributed by atoms with Crippen LogP contribution in [0.3, 0.4) is 0 Å². The fourth-order valence-electron chi connectivity index (χ4n) is 4.29. The van der Waals surface area contributed by atoms with Crippen LogP contribution in [0.25, 0.3) is 10.9 Å². The molecular weight excluding hydrogens is 413 g/mol. The van der Waals surface area contributed by atoms with E-state index in [1.807, 2.05) is 11.8 Å². The number of halogens is 2. The summed E-state index contributed by atoms with van der Waals surface area (Å²) in [6.45, 7) is 3.53. The minimum Gasteiger partial charge on any atom is -0.487 e. The molecule has 0 radical (unpaired) electrons. The summed E-state index contributed by atoms with van der Waals surface area (Å²) in [5.74, 6) is -1.65. The highest BCUT2D eigenvalue weighted by molar-refractivity contribution is 6.30. The number of carboxylic acid groups (broad SMARTS) is 1. The Labute approximate surface area is 177 Å². The van der Waals surface area contributed by atoms with Crippen molar-refractivity contribution in [2.45, 2.75) is 32.2 Å². The SMILES string of the molecule is C[C@H]1COc2c(N3CCC/C(=C(\Cl)CN)CC3)c(F)cc3c(=O)c(C(=O)O)cn1c23. The van der Waals surface area contributed by atoms with Crippen molar-refractivity contribution in [2.75, 3.05) is 31.1 Å². The summed E-state index contributed by atoms with van der Waals surface area (Å²) < 4.78 is 22.9. The molecule has 3 heterocycles. The van der Waals surface area contributed by atoms with Gasteiger partial charge in [-0.25, -0.2) is 9.18 Å². The Morgan fingerprint density at radius 2 is 2.17 bits per heavy atom. The van der Waals surface area contributed by atoms with Gasteiger partial charge in [-0.2, -0.15) is 0 Å². The van der Waals surface area contributed by atoms with Gasteiger partial charge in [-0.05, 0) is 32.3 Å². The van der Waals surface area contributed by atoms with Crippen molar-refractivity contribution in [3.05, 3.63) is 44.5 Å². The molecule has 9 heteroatoms. The molecule has 0 aliphatic carbocycles. The average molecular weight is 436 g/mol. The Bertz CT molecular complexity index is 1130. The highest BCUT2D eigenvalue weighted by Gasteiger charge is 2.30. The molecule has 1 atom stereocenters. The van der Waals surface area contributed by atoms with Crippen molar-refractivity contribution < 1.29 is 19.0 Å². The quantitative estimate of drug-likeness (QED) is 0.768. The van der Waals surface area contributed by atoms with Crippen LogP contribution in [0.1, 0.15) is 42.6 Å². The fraction of sp³-hybridized carbons (Fsp3) is 0.429. The van der Waals surface area contributed by atoms with E-state index in [1.54, 1.807) is 4.57 Å². The zero-order chi connectivity index (χ0) is 21.6. The normalized spacial score (nSPS) is 20.7. The van der Waals surface area contributed by atoms with Crippen LogP contribution < -0.4 is 20.8 Å². The van der Waals surface area contributed by atoms with Gasteiger partial charge in [-0.3, -0.25) is 4.79 Å². The van der Waals surface area contributed by atoms with Crippen molar-refractivity contribution in [2.24, 2.45) is 5.73 Å². The van der Waals surface area contributed by atoms with Crippen LogP contribution >= 0.6 is 11.6 Å². The molecule has 1 saturated heterocycles. The Balaban J connectivity index is 1.89. The van der Waals surface area contributed by atoms with Gasteiger partial charge in [0.1, 0.15) is 17.9 Å². The standard InChI is InChI=1S/C21H23ClFN3O4/c1-11-10-30-20-17-13(19(27)14(21(28)29)9-26(11)17)7-16(23)18(20)25-5-2-3-12(4-6-25)15(22)8-24/h7,9,11H,2-6,8,10,24H2,1H3,(H,28,29)/b15-12+/t11-/m0/s1. The maximum Gasteiger partial charge on any atom is 0.341 e. The predicted molar refractivity (Wildman–Crippen MR) is 113 cm³/mol. The van der Waals surface area contributed by atoms with E-state index < -0.39 is 17.2 Å². The maximum absolute atomic E-state index is 15.3. The van der Waals surface area contributed by atoms with E-state index in [-0.39, 0.29) is 35.9 Å². The molecule has 160 valence electrons. The number of rotatable bonds is 3. The van der Waals surface area contributed by atoms with Gasteiger partial charge in [0.05, 0.1) is 16.9 Å². The molecule has 0 amide bonds. The molecule has 4 rings (SSSR count). The number of benzene rings is 1. The smallest absolute Gasteiger partial charge is 0.341 e. The molecule has 30 heavy (non-hydrogen) atoms. The third kappa shape index (κ3) is 3.33. The molecule has 0 spiro atoms. The van der Waals surface area contributed by atoms with E-state index in [4.69, 9.17) is 22.1 Å². The van der Waals surface area contributed by atoms with Crippen molar-refractivity contribution in [3.63, 3.8) is 0 Å². The Kier molecular flexibility index (Phi) is 5.46. The summed E-state index contributed by atoms with van der Waals surface area (Å²) in [5, 5.41) is 10.1. The molecule has 0 saturated carbocycles. The maximum atomic E-state index is 15.3. The molecule has 0 unspecified atom stereocenters. The van der Waals surface area contributed by atoms with Crippen LogP contribution in [-0.4, -0.2) is 41.9 Å². The summed E-state index contributed by atoms with van der Waals surface area (Å²) in [6.07, 6.45) is 3.56. The van der Waals surface area contributed by atoms with Gasteiger partial charge in [0.2, 0.25) is 5.43 Å². The van der Waals surface area contributed by atoms with E-state index in [0.29, 0.717) is 35.7 Å². The van der Waals surface area contributed by atoms with E-state index in [2.05, 4.69) is 0 Å². The number of nitrogens with zero attached hydrogens (tertiary/aromatic N) is 2. The van der Waals surface area contributed by atoms with E-state index >= 15 is 4.39 Å². The zero-order valence-electron chi connectivity index (χ0n) is 16.6. The lowest BCUT2D eigenvalue weighted by molar-refractivity contribution is 0.0694. The number of anilines is 1. The zero-order valence-corrected chi connectivity index (χ0v) is 17.3. The van der Waals surface area contributed by atoms with Crippen molar-refractivity contribution in [1.82, 2.24) is 4.57 Å². The van der Waals surface area contributed by atoms with Gasteiger partial charge < -0.3 is 25.0 Å². The number of hydrogen-bond donors (Lipinski definition) is 2. The third-order valence-corrected chi connectivity index (χ3v) is 6.26. The molecule has 1 fully saturated rings. The lowest BCUT2D eigenvalue weighted by atomic mass is 10.1. The molecule has 2 aliphatic heterocycles. The van der Waals surface area contributed by atoms with Crippen LogP contribution in [0.5, 0.6) is 5.75 Å². The average Bonchev–Trinajstić information content (AvgIpc) is 2.97. The van der Waals surface area contributed by atoms with Crippen LogP contribution in [0, 0.1) is 5.82 Å². The molecule has 2 aromatic rings. The van der Waals surface area contributed by atoms with Crippen LogP contribution in [-0.2, 0) is 0 Å². The number of nitrogens with two attached hydrogens (primary N) is 1. The molecule has 7 nitrogen and oxygen atoms in total. The summed E-state index contributed by atoms with van der Waals surface area (Å²) in [5.41, 5.74) is 6.38. The summed E-state index contributed by atoms with van der Waals surface area (Å²) in [4.78, 5) is 26.1. The minimum absolute atomic E-state index is 0.0132. The van der Waals surface area contributed by atoms with Crippen molar-refractivity contribution >= 4 is 34.2 Å². The number of pyridine rings is 1. The Morgan fingerprint density at radius 3 is 2.87 bits per heavy atom. The van der Waals surface area contributed by atoms with E-state index in [9.17, 15) is 14.7 Å². The molecule has 1 aromatic heterocycles. The second-order valence-corrected chi connectivity index (χ2v) is 8.19. The Hall–Kier alpha value is -2.58. The minimum atomic E-state index is -1.33. The molecule has 1 aromatic carbocycles. The molecule has 0 bridgehead atoms. The highest BCUT2D eigenvalue weighted by Crippen LogP contribution is 2.42. The topological polar surface area (TPSA) is 97.8 Å². The molecular formula is C21H23ClFN3O4. The summed E-state index contributed by atoms with van der Waals surface area (Å²) >= 11 is 6.23. The van der Waals surface area contributed by atoms with Crippen LogP contribution in [0.2, 0.25) is 0 Å². The first-order valence-corrected chi connectivity index (χ1v) is 10.3. The van der Waals surface area contributed by atoms with Gasteiger partial charge in [0, 0.05) is 30.9 Å². The van der Waals surface area contributed by atoms with Crippen LogP contribution in [0.15, 0.2) is 27.7 Å². The van der Waals surface area contributed by atoms with E-state index in [0.717, 1.165) is 24.5 Å². The monoisotopic (exact) mass is 435 g/mol. The first-order valence-electron chi connectivity index (χ1n) is 9.92. The largest absolute Gasteiger partial charge is 0.487 e. The highest BCUT2D eigenvalue weighted by atomic mass is 35.5. The van der Waals surface area contributed by atoms with Gasteiger partial charge in [0.15, 0.2) is 11.6 Å². The third-order valence-electron chi connectivity index (χ3n) is 5.84. The number of aromatic nitrogens is 1. The predicted octanol–water partition coefficient (Wildman–Crippen LogP) is 3.23. The number of aromatic carboxylic acids is 1. The molecule has 2 aliphatic rings. The van der Waals surface area contributed by atoms with Gasteiger partial charge in [0.25, 0.3) is 0 Å². The van der Waals surface area contributed by atoms with Gasteiger partial charge in [-0.15, -0.1) is 0 Å². The fourth-order valence-corrected chi connectivity index (χ4v) is 4.48. The Morgan fingerprint density at radius 1 is 1.40 bits per heavy atom. The van der Waals surface area contributed by atoms with Gasteiger partial charge >= 0.3 is 5.97 Å². The van der Waals surface area contributed by atoms with Crippen molar-refractivity contribution in [1.29, 1.82) is 0 Å². The second kappa shape index (κ2) is 7.92.